The van der Waals surface area contributed by atoms with Crippen LogP contribution in [0.1, 0.15) is 19.4 Å². The minimum absolute atomic E-state index is 0.0764. The predicted molar refractivity (Wildman–Crippen MR) is 116 cm³/mol. The first-order valence-corrected chi connectivity index (χ1v) is 10.2. The monoisotopic (exact) mass is 463 g/mol. The Morgan fingerprint density at radius 3 is 2.61 bits per heavy atom. The molecule has 0 radical (unpaired) electrons. The fraction of sp³-hybridized carbons (Fsp3) is 0.364. The molecular formula is C22H24F3N5O3. The van der Waals surface area contributed by atoms with Crippen molar-refractivity contribution in [3.8, 4) is 11.1 Å². The van der Waals surface area contributed by atoms with E-state index in [9.17, 15) is 22.8 Å². The number of carbonyl (C=O) groups excluding carboxylic acids is 2. The number of hydrogen-bond acceptors (Lipinski definition) is 6. The Morgan fingerprint density at radius 2 is 1.94 bits per heavy atom. The molecule has 0 spiro atoms. The predicted octanol–water partition coefficient (Wildman–Crippen LogP) is 3.46. The molecule has 0 aromatic carbocycles. The number of ether oxygens (including phenoxy) is 1. The number of nitrogens with zero attached hydrogens (tertiary/aromatic N) is 2. The van der Waals surface area contributed by atoms with Gasteiger partial charge in [-0.1, -0.05) is 13.8 Å². The minimum atomic E-state index is -4.49. The van der Waals surface area contributed by atoms with Crippen molar-refractivity contribution in [2.24, 2.45) is 5.92 Å². The SMILES string of the molecule is COC(=O)Cc1cnc2[nH]cc(-c3cncc(NC(C(=O)NCC(F)(F)F)C(C)C)c3)c2c1. The van der Waals surface area contributed by atoms with E-state index >= 15 is 0 Å². The lowest BCUT2D eigenvalue weighted by Gasteiger charge is -2.23. The first kappa shape index (κ1) is 24.0. The topological polar surface area (TPSA) is 109 Å². The highest BCUT2D eigenvalue weighted by molar-refractivity contribution is 5.94. The number of hydrogen-bond donors (Lipinski definition) is 3. The number of nitrogens with one attached hydrogen (secondary N) is 3. The van der Waals surface area contributed by atoms with Crippen LogP contribution in [0.5, 0.6) is 0 Å². The van der Waals surface area contributed by atoms with Gasteiger partial charge in [-0.15, -0.1) is 0 Å². The fourth-order valence-electron chi connectivity index (χ4n) is 3.30. The summed E-state index contributed by atoms with van der Waals surface area (Å²) in [6.45, 7) is 2.07. The van der Waals surface area contributed by atoms with E-state index in [0.717, 1.165) is 10.9 Å². The van der Waals surface area contributed by atoms with E-state index in [1.54, 1.807) is 38.5 Å². The van der Waals surface area contributed by atoms with Gasteiger partial charge in [0.2, 0.25) is 5.91 Å². The van der Waals surface area contributed by atoms with Gasteiger partial charge >= 0.3 is 12.1 Å². The van der Waals surface area contributed by atoms with Crippen LogP contribution in [0.2, 0.25) is 0 Å². The minimum Gasteiger partial charge on any atom is -0.469 e. The van der Waals surface area contributed by atoms with E-state index in [1.165, 1.54) is 13.3 Å². The van der Waals surface area contributed by atoms with Gasteiger partial charge in [-0.05, 0) is 23.6 Å². The summed E-state index contributed by atoms with van der Waals surface area (Å²) in [5.74, 6) is -1.42. The largest absolute Gasteiger partial charge is 0.469 e. The number of rotatable bonds is 8. The molecule has 1 unspecified atom stereocenters. The second-order valence-corrected chi connectivity index (χ2v) is 7.86. The summed E-state index contributed by atoms with van der Waals surface area (Å²) in [5, 5.41) is 5.66. The number of H-pyrrole nitrogens is 1. The number of amides is 1. The highest BCUT2D eigenvalue weighted by Gasteiger charge is 2.30. The lowest BCUT2D eigenvalue weighted by Crippen LogP contribution is -2.46. The third-order valence-corrected chi connectivity index (χ3v) is 4.95. The van der Waals surface area contributed by atoms with Crippen LogP contribution >= 0.6 is 0 Å². The summed E-state index contributed by atoms with van der Waals surface area (Å²) in [4.78, 5) is 35.5. The van der Waals surface area contributed by atoms with E-state index in [0.29, 0.717) is 22.5 Å². The van der Waals surface area contributed by atoms with Crippen molar-refractivity contribution in [3.05, 3.63) is 42.5 Å². The van der Waals surface area contributed by atoms with Gasteiger partial charge in [-0.2, -0.15) is 13.2 Å². The first-order valence-electron chi connectivity index (χ1n) is 10.2. The molecule has 3 rings (SSSR count). The molecule has 0 aliphatic carbocycles. The van der Waals surface area contributed by atoms with Gasteiger partial charge in [0, 0.05) is 41.3 Å². The molecule has 1 atom stereocenters. The quantitative estimate of drug-likeness (QED) is 0.442. The smallest absolute Gasteiger partial charge is 0.405 e. The van der Waals surface area contributed by atoms with Crippen LogP contribution in [0.25, 0.3) is 22.2 Å². The summed E-state index contributed by atoms with van der Waals surface area (Å²) in [5.41, 5.74) is 3.23. The molecule has 3 heterocycles. The van der Waals surface area contributed by atoms with Gasteiger partial charge in [0.15, 0.2) is 0 Å². The molecule has 0 saturated heterocycles. The number of esters is 1. The Labute approximate surface area is 188 Å². The zero-order chi connectivity index (χ0) is 24.2. The molecule has 0 aliphatic rings. The first-order chi connectivity index (χ1) is 15.6. The number of methoxy groups -OCH3 is 1. The highest BCUT2D eigenvalue weighted by atomic mass is 19.4. The van der Waals surface area contributed by atoms with Crippen molar-refractivity contribution in [1.29, 1.82) is 0 Å². The lowest BCUT2D eigenvalue weighted by molar-refractivity contribution is -0.139. The van der Waals surface area contributed by atoms with Gasteiger partial charge in [-0.25, -0.2) is 4.98 Å². The van der Waals surface area contributed by atoms with Gasteiger partial charge in [0.05, 0.1) is 19.2 Å². The molecule has 176 valence electrons. The van der Waals surface area contributed by atoms with Crippen LogP contribution in [0.3, 0.4) is 0 Å². The molecule has 0 aliphatic heterocycles. The van der Waals surface area contributed by atoms with E-state index < -0.39 is 24.7 Å². The Hall–Kier alpha value is -3.63. The Kier molecular flexibility index (Phi) is 7.19. The zero-order valence-corrected chi connectivity index (χ0v) is 18.3. The van der Waals surface area contributed by atoms with Crippen LogP contribution in [0, 0.1) is 5.92 Å². The number of anilines is 1. The number of pyridine rings is 2. The number of halogens is 3. The van der Waals surface area contributed by atoms with Gasteiger partial charge < -0.3 is 20.4 Å². The van der Waals surface area contributed by atoms with Crippen LogP contribution in [0.15, 0.2) is 36.9 Å². The molecular weight excluding hydrogens is 439 g/mol. The maximum absolute atomic E-state index is 12.5. The molecule has 33 heavy (non-hydrogen) atoms. The van der Waals surface area contributed by atoms with Crippen LogP contribution in [0.4, 0.5) is 18.9 Å². The van der Waals surface area contributed by atoms with Gasteiger partial charge in [-0.3, -0.25) is 14.6 Å². The number of alkyl halides is 3. The van der Waals surface area contributed by atoms with E-state index in [-0.39, 0.29) is 18.3 Å². The molecule has 8 nitrogen and oxygen atoms in total. The van der Waals surface area contributed by atoms with Crippen molar-refractivity contribution in [3.63, 3.8) is 0 Å². The average Bonchev–Trinajstić information content (AvgIpc) is 3.18. The van der Waals surface area contributed by atoms with Crippen LogP contribution in [-0.4, -0.2) is 52.7 Å². The standard InChI is InChI=1S/C22H24F3N5O3/c1-12(2)19(21(32)29-11-22(23,24)25)30-15-6-14(8-26-9-15)17-10-28-20-16(17)4-13(7-27-20)5-18(31)33-3/h4,6-10,12,19,30H,5,11H2,1-3H3,(H,27,28)(H,29,32). The van der Waals surface area contributed by atoms with Crippen LogP contribution in [-0.2, 0) is 20.7 Å². The average molecular weight is 463 g/mol. The van der Waals surface area contributed by atoms with Crippen molar-refractivity contribution >= 4 is 28.6 Å². The fourth-order valence-corrected chi connectivity index (χ4v) is 3.30. The third kappa shape index (κ3) is 6.21. The normalized spacial score (nSPS) is 12.6. The van der Waals surface area contributed by atoms with Crippen molar-refractivity contribution in [2.75, 3.05) is 19.0 Å². The third-order valence-electron chi connectivity index (χ3n) is 4.95. The molecule has 3 N–H and O–H groups in total. The summed E-state index contributed by atoms with van der Waals surface area (Å²) < 4.78 is 42.2. The lowest BCUT2D eigenvalue weighted by atomic mass is 10.0. The molecule has 3 aromatic heterocycles. The Bertz CT molecular complexity index is 1140. The molecule has 1 amide bonds. The summed E-state index contributed by atoms with van der Waals surface area (Å²) in [6, 6.07) is 2.68. The van der Waals surface area contributed by atoms with Gasteiger partial charge in [0.1, 0.15) is 18.2 Å². The second-order valence-electron chi connectivity index (χ2n) is 7.86. The Balaban J connectivity index is 1.85. The molecule has 0 bridgehead atoms. The van der Waals surface area contributed by atoms with Crippen molar-refractivity contribution in [2.45, 2.75) is 32.5 Å². The molecule has 11 heteroatoms. The summed E-state index contributed by atoms with van der Waals surface area (Å²) >= 11 is 0. The number of aromatic nitrogens is 3. The summed E-state index contributed by atoms with van der Waals surface area (Å²) in [6.07, 6.45) is 2.03. The summed E-state index contributed by atoms with van der Waals surface area (Å²) in [7, 11) is 1.31. The Morgan fingerprint density at radius 1 is 1.18 bits per heavy atom. The zero-order valence-electron chi connectivity index (χ0n) is 18.3. The number of fused-ring (bicyclic) bond motifs is 1. The number of aromatic amines is 1. The maximum atomic E-state index is 12.5. The van der Waals surface area contributed by atoms with E-state index in [1.807, 2.05) is 11.4 Å². The highest BCUT2D eigenvalue weighted by Crippen LogP contribution is 2.30. The molecule has 0 saturated carbocycles. The molecule has 0 fully saturated rings. The van der Waals surface area contributed by atoms with Crippen LogP contribution < -0.4 is 10.6 Å². The number of carbonyl (C=O) groups is 2. The van der Waals surface area contributed by atoms with Gasteiger partial charge in [0.25, 0.3) is 0 Å². The van der Waals surface area contributed by atoms with E-state index in [2.05, 4.69) is 20.3 Å². The second kappa shape index (κ2) is 9.88. The molecule has 3 aromatic rings. The van der Waals surface area contributed by atoms with E-state index in [4.69, 9.17) is 4.74 Å². The maximum Gasteiger partial charge on any atom is 0.405 e. The van der Waals surface area contributed by atoms with Crippen molar-refractivity contribution in [1.82, 2.24) is 20.3 Å². The van der Waals surface area contributed by atoms with Crippen molar-refractivity contribution < 1.29 is 27.5 Å².